The van der Waals surface area contributed by atoms with Crippen molar-refractivity contribution in [2.75, 3.05) is 14.1 Å². The summed E-state index contributed by atoms with van der Waals surface area (Å²) in [5.41, 5.74) is 16.9. The van der Waals surface area contributed by atoms with Gasteiger partial charge in [-0.15, -0.1) is 0 Å². The predicted molar refractivity (Wildman–Crippen MR) is 410 cm³/mol. The zero-order valence-corrected chi connectivity index (χ0v) is 60.9. The van der Waals surface area contributed by atoms with Crippen molar-refractivity contribution in [1.29, 1.82) is 0 Å². The van der Waals surface area contributed by atoms with E-state index >= 15 is 0 Å². The third kappa shape index (κ3) is 16.4. The number of carbonyl (C=O) groups excluding carboxylic acids is 6. The molecule has 558 valence electrons. The SMILES string of the molecule is Cc1cc(COc2cccc([C@@]3(C(=O)N(C)Cc4ccccc4)C[C@H]3C(=O)NO)c2)c2ccccc2n1.Cc1cc(COc2cccc([C@@]3(C(=O)N(C)Cc4ccccc4)C[C@H]3C(=O)NO)c2)c2ccccc2n1.O=C(NO)[C@H]1C[C@]1(Cc1ccc(OCc2cc(-c3cccnc3)nc3ccccc23)cc1)C(=O)NO. The molecule has 8 aromatic carbocycles. The molecule has 12 aromatic rings. The number of hydroxylamine groups is 4. The van der Waals surface area contributed by atoms with Crippen LogP contribution in [0.4, 0.5) is 0 Å². The van der Waals surface area contributed by atoms with E-state index in [0.29, 0.717) is 74.1 Å². The molecule has 0 radical (unpaired) electrons. The predicted octanol–water partition coefficient (Wildman–Crippen LogP) is 12.5. The number of hydrogen-bond acceptors (Lipinski definition) is 17. The molecule has 15 rings (SSSR count). The molecule has 4 heterocycles. The summed E-state index contributed by atoms with van der Waals surface area (Å²) in [5.74, 6) is -2.94. The summed E-state index contributed by atoms with van der Waals surface area (Å²) in [5, 5.41) is 39.7. The van der Waals surface area contributed by atoms with Gasteiger partial charge in [0, 0.05) is 89.4 Å². The van der Waals surface area contributed by atoms with Crippen LogP contribution in [0.1, 0.15) is 75.2 Å². The van der Waals surface area contributed by atoms with Gasteiger partial charge in [-0.2, -0.15) is 0 Å². The smallest absolute Gasteiger partial charge is 0.250 e. The van der Waals surface area contributed by atoms with E-state index in [2.05, 4.69) is 15.0 Å². The van der Waals surface area contributed by atoms with Crippen LogP contribution in [0.5, 0.6) is 17.2 Å². The third-order valence-corrected chi connectivity index (χ3v) is 20.8. The number of rotatable bonds is 24. The van der Waals surface area contributed by atoms with E-state index in [1.807, 2.05) is 238 Å². The molecule has 23 nitrogen and oxygen atoms in total. The Morgan fingerprint density at radius 2 is 0.855 bits per heavy atom. The summed E-state index contributed by atoms with van der Waals surface area (Å²) in [6, 6.07) is 75.0. The normalized spacial score (nSPS) is 18.3. The van der Waals surface area contributed by atoms with Crippen LogP contribution in [0, 0.1) is 37.0 Å². The van der Waals surface area contributed by atoms with E-state index in [4.69, 9.17) is 29.6 Å². The van der Waals surface area contributed by atoms with Gasteiger partial charge >= 0.3 is 0 Å². The Labute approximate surface area is 634 Å². The second-order valence-electron chi connectivity index (χ2n) is 28.1. The summed E-state index contributed by atoms with van der Waals surface area (Å²) in [4.78, 5) is 97.9. The van der Waals surface area contributed by atoms with E-state index in [9.17, 15) is 39.2 Å². The van der Waals surface area contributed by atoms with E-state index in [1.54, 1.807) is 70.3 Å². The minimum atomic E-state index is -1.09. The molecule has 110 heavy (non-hydrogen) atoms. The second-order valence-corrected chi connectivity index (χ2v) is 28.1. The first-order valence-corrected chi connectivity index (χ1v) is 35.9. The Morgan fingerprint density at radius 1 is 0.427 bits per heavy atom. The minimum Gasteiger partial charge on any atom is -0.489 e. The van der Waals surface area contributed by atoms with Crippen molar-refractivity contribution in [2.45, 2.75) is 83.3 Å². The van der Waals surface area contributed by atoms with Gasteiger partial charge in [-0.25, -0.2) is 26.9 Å². The highest BCUT2D eigenvalue weighted by Gasteiger charge is 2.67. The third-order valence-electron chi connectivity index (χ3n) is 20.8. The molecule has 6 amide bonds. The highest BCUT2D eigenvalue weighted by molar-refractivity contribution is 6.02. The Bertz CT molecular complexity index is 5150. The molecular formula is C87H82N10O13. The largest absolute Gasteiger partial charge is 0.489 e. The maximum absolute atomic E-state index is 13.8. The molecule has 3 fully saturated rings. The molecule has 3 saturated carbocycles. The van der Waals surface area contributed by atoms with E-state index in [-0.39, 0.29) is 24.7 Å². The van der Waals surface area contributed by atoms with Gasteiger partial charge in [-0.05, 0) is 152 Å². The maximum atomic E-state index is 13.8. The molecular weight excluding hydrogens is 1390 g/mol. The Morgan fingerprint density at radius 3 is 1.30 bits per heavy atom. The highest BCUT2D eigenvalue weighted by atomic mass is 16.5. The lowest BCUT2D eigenvalue weighted by Gasteiger charge is -2.25. The number of aromatic nitrogens is 4. The fraction of sp³-hybridized carbons (Fsp3) is 0.218. The molecule has 0 aliphatic heterocycles. The van der Waals surface area contributed by atoms with Crippen molar-refractivity contribution in [1.82, 2.24) is 51.7 Å². The zero-order valence-electron chi connectivity index (χ0n) is 60.9. The highest BCUT2D eigenvalue weighted by Crippen LogP contribution is 2.58. The van der Waals surface area contributed by atoms with Crippen LogP contribution in [0.25, 0.3) is 44.0 Å². The van der Waals surface area contributed by atoms with Crippen molar-refractivity contribution < 1.29 is 63.8 Å². The fourth-order valence-corrected chi connectivity index (χ4v) is 14.9. The van der Waals surface area contributed by atoms with Crippen LogP contribution in [-0.2, 0) is 78.9 Å². The molecule has 0 unspecified atom stereocenters. The first kappa shape index (κ1) is 75.4. The molecule has 0 bridgehead atoms. The van der Waals surface area contributed by atoms with Crippen LogP contribution < -0.4 is 36.1 Å². The van der Waals surface area contributed by atoms with E-state index < -0.39 is 57.6 Å². The molecule has 3 aliphatic carbocycles. The summed E-state index contributed by atoms with van der Waals surface area (Å²) >= 11 is 0. The van der Waals surface area contributed by atoms with Gasteiger partial charge in [0.15, 0.2) is 0 Å². The average molecular weight is 1480 g/mol. The molecule has 23 heteroatoms. The maximum Gasteiger partial charge on any atom is 0.250 e. The number of nitrogens with one attached hydrogen (secondary N) is 4. The van der Waals surface area contributed by atoms with Crippen molar-refractivity contribution in [3.05, 3.63) is 305 Å². The van der Waals surface area contributed by atoms with Crippen LogP contribution in [0.3, 0.4) is 0 Å². The Hall–Kier alpha value is -12.8. The van der Waals surface area contributed by atoms with Crippen molar-refractivity contribution in [3.63, 3.8) is 0 Å². The van der Waals surface area contributed by atoms with Crippen molar-refractivity contribution in [3.8, 4) is 28.5 Å². The van der Waals surface area contributed by atoms with Crippen LogP contribution in [0.2, 0.25) is 0 Å². The molecule has 3 aliphatic rings. The summed E-state index contributed by atoms with van der Waals surface area (Å²) < 4.78 is 18.4. The van der Waals surface area contributed by atoms with Crippen LogP contribution in [-0.4, -0.2) is 100 Å². The number of amides is 6. The van der Waals surface area contributed by atoms with Gasteiger partial charge in [0.1, 0.15) is 37.1 Å². The number of para-hydroxylation sites is 3. The molecule has 6 atom stereocenters. The molecule has 0 saturated heterocycles. The Balaban J connectivity index is 0.000000145. The first-order valence-electron chi connectivity index (χ1n) is 35.9. The number of carbonyl (C=O) groups is 6. The number of aryl methyl sites for hydroxylation is 2. The summed E-state index contributed by atoms with van der Waals surface area (Å²) in [7, 11) is 3.47. The van der Waals surface area contributed by atoms with Crippen molar-refractivity contribution in [2.24, 2.45) is 23.2 Å². The number of fused-ring (bicyclic) bond motifs is 3. The zero-order chi connectivity index (χ0) is 77.1. The number of pyridine rings is 4. The molecule has 4 aromatic heterocycles. The van der Waals surface area contributed by atoms with E-state index in [0.717, 1.165) is 88.7 Å². The van der Waals surface area contributed by atoms with Gasteiger partial charge in [-0.1, -0.05) is 152 Å². The quantitative estimate of drug-likeness (QED) is 0.0206. The monoisotopic (exact) mass is 1470 g/mol. The summed E-state index contributed by atoms with van der Waals surface area (Å²) in [6.07, 6.45) is 4.60. The van der Waals surface area contributed by atoms with Gasteiger partial charge < -0.3 is 24.0 Å². The van der Waals surface area contributed by atoms with Gasteiger partial charge in [0.25, 0.3) is 5.91 Å². The first-order chi connectivity index (χ1) is 53.4. The van der Waals surface area contributed by atoms with Gasteiger partial charge in [0.2, 0.25) is 29.5 Å². The van der Waals surface area contributed by atoms with Crippen molar-refractivity contribution >= 4 is 68.2 Å². The fourth-order valence-electron chi connectivity index (χ4n) is 14.9. The minimum absolute atomic E-state index is 0.169. The number of hydrogen-bond donors (Lipinski definition) is 8. The number of ether oxygens (including phenoxy) is 3. The molecule has 8 N–H and O–H groups in total. The van der Waals surface area contributed by atoms with E-state index in [1.165, 1.54) is 0 Å². The van der Waals surface area contributed by atoms with Crippen LogP contribution in [0.15, 0.2) is 249 Å². The van der Waals surface area contributed by atoms with Gasteiger partial charge in [0.05, 0.1) is 56.2 Å². The lowest BCUT2D eigenvalue weighted by Crippen LogP contribution is -2.39. The standard InChI is InChI=1S/2C30H29N3O4.C27H24N4O5/c2*1-20-15-22(25-13-6-7-14-27(25)31-20)19-37-24-12-8-11-23(16-24)30(17-26(30)28(34)32-36)29(35)33(2)18-21-9-4-3-5-10-21;32-25(30-34)22-14-27(22,26(33)31-35)13-17-7-9-20(10-8-17)36-16-19-12-24(18-4-3-11-28-15-18)29-23-6-2-1-5-21(19)23/h2*3-16,26,36H,17-19H2,1-2H3,(H,32,34);1-12,15,22,34-35H,13-14,16H2,(H,30,32)(H,31,33)/t2*26-,30-;22-,27+/m001/s1. The van der Waals surface area contributed by atoms with Gasteiger partial charge in [-0.3, -0.25) is 64.5 Å². The average Bonchev–Trinajstić information content (AvgIpc) is 1.56. The summed E-state index contributed by atoms with van der Waals surface area (Å²) in [6.45, 7) is 5.74. The topological polar surface area (TPSA) is 317 Å². The lowest BCUT2D eigenvalue weighted by atomic mass is 9.91. The number of benzene rings is 8. The number of likely N-dealkylation sites (N-methyl/N-ethyl adjacent to an activating group) is 2. The van der Waals surface area contributed by atoms with Crippen LogP contribution >= 0.6 is 0 Å². The molecule has 0 spiro atoms. The Kier molecular flexibility index (Phi) is 22.7. The number of nitrogens with zero attached hydrogens (tertiary/aromatic N) is 6. The second kappa shape index (κ2) is 33.1. The lowest BCUT2D eigenvalue weighted by molar-refractivity contribution is -0.139.